The summed E-state index contributed by atoms with van der Waals surface area (Å²) in [6.45, 7) is 0.281. The van der Waals surface area contributed by atoms with Crippen molar-refractivity contribution >= 4 is 12.1 Å². The number of hydrogen-bond acceptors (Lipinski definition) is 5. The Morgan fingerprint density at radius 2 is 1.70 bits per heavy atom. The maximum atomic E-state index is 13.0. The van der Waals surface area contributed by atoms with Crippen molar-refractivity contribution < 1.29 is 23.4 Å². The number of benzene rings is 3. The summed E-state index contributed by atoms with van der Waals surface area (Å²) in [4.78, 5) is 12.3. The van der Waals surface area contributed by atoms with Gasteiger partial charge in [0.05, 0.1) is 20.4 Å². The Kier molecular flexibility index (Phi) is 7.00. The third-order valence-electron chi connectivity index (χ3n) is 4.24. The first-order chi connectivity index (χ1) is 14.6. The Balaban J connectivity index is 1.65. The molecular weight excluding hydrogens is 387 g/mol. The third kappa shape index (κ3) is 5.35. The molecule has 0 radical (unpaired) electrons. The number of para-hydroxylation sites is 1. The van der Waals surface area contributed by atoms with Crippen molar-refractivity contribution in [3.8, 4) is 17.2 Å². The van der Waals surface area contributed by atoms with E-state index >= 15 is 0 Å². The smallest absolute Gasteiger partial charge is 0.271 e. The van der Waals surface area contributed by atoms with Gasteiger partial charge in [-0.3, -0.25) is 4.79 Å². The monoisotopic (exact) mass is 408 g/mol. The lowest BCUT2D eigenvalue weighted by molar-refractivity contribution is 0.0954. The SMILES string of the molecule is COc1ccc(C(=O)N/N=C/c2ccccc2OCc2ccc(F)cc2)cc1OC. The van der Waals surface area contributed by atoms with E-state index in [1.807, 2.05) is 18.2 Å². The molecule has 30 heavy (non-hydrogen) atoms. The first kappa shape index (κ1) is 20.9. The summed E-state index contributed by atoms with van der Waals surface area (Å²) in [5.41, 5.74) is 4.39. The van der Waals surface area contributed by atoms with E-state index in [1.54, 1.807) is 36.4 Å². The topological polar surface area (TPSA) is 69.2 Å². The number of rotatable bonds is 8. The molecule has 3 aromatic carbocycles. The van der Waals surface area contributed by atoms with Crippen molar-refractivity contribution in [2.75, 3.05) is 14.2 Å². The third-order valence-corrected chi connectivity index (χ3v) is 4.24. The predicted octanol–water partition coefficient (Wildman–Crippen LogP) is 4.19. The maximum absolute atomic E-state index is 13.0. The Morgan fingerprint density at radius 3 is 2.43 bits per heavy atom. The van der Waals surface area contributed by atoms with E-state index in [9.17, 15) is 9.18 Å². The first-order valence-corrected chi connectivity index (χ1v) is 9.12. The van der Waals surface area contributed by atoms with E-state index < -0.39 is 5.91 Å². The number of hydrogen-bond donors (Lipinski definition) is 1. The fraction of sp³-hybridized carbons (Fsp3) is 0.130. The molecule has 0 unspecified atom stereocenters. The van der Waals surface area contributed by atoms with Gasteiger partial charge in [-0.25, -0.2) is 9.82 Å². The summed E-state index contributed by atoms with van der Waals surface area (Å²) < 4.78 is 29.2. The van der Waals surface area contributed by atoms with E-state index in [1.165, 1.54) is 32.6 Å². The van der Waals surface area contributed by atoms with E-state index in [0.29, 0.717) is 28.4 Å². The molecule has 6 nitrogen and oxygen atoms in total. The lowest BCUT2D eigenvalue weighted by Crippen LogP contribution is -2.17. The van der Waals surface area contributed by atoms with Crippen LogP contribution in [0.2, 0.25) is 0 Å². The molecule has 0 aliphatic carbocycles. The molecular formula is C23H21FN2O4. The van der Waals surface area contributed by atoms with Gasteiger partial charge < -0.3 is 14.2 Å². The van der Waals surface area contributed by atoms with Gasteiger partial charge in [0.15, 0.2) is 11.5 Å². The lowest BCUT2D eigenvalue weighted by atomic mass is 10.2. The molecule has 0 fully saturated rings. The van der Waals surface area contributed by atoms with Crippen molar-refractivity contribution in [2.45, 2.75) is 6.61 Å². The highest BCUT2D eigenvalue weighted by Gasteiger charge is 2.10. The highest BCUT2D eigenvalue weighted by atomic mass is 19.1. The molecule has 0 aliphatic heterocycles. The van der Waals surface area contributed by atoms with Crippen molar-refractivity contribution in [1.29, 1.82) is 0 Å². The number of carbonyl (C=O) groups excluding carboxylic acids is 1. The number of carbonyl (C=O) groups is 1. The second kappa shape index (κ2) is 10.1. The van der Waals surface area contributed by atoms with Gasteiger partial charge in [0.25, 0.3) is 5.91 Å². The zero-order valence-corrected chi connectivity index (χ0v) is 16.6. The first-order valence-electron chi connectivity index (χ1n) is 9.12. The lowest BCUT2D eigenvalue weighted by Gasteiger charge is -2.09. The predicted molar refractivity (Wildman–Crippen MR) is 112 cm³/mol. The maximum Gasteiger partial charge on any atom is 0.271 e. The van der Waals surface area contributed by atoms with E-state index in [-0.39, 0.29) is 12.4 Å². The summed E-state index contributed by atoms with van der Waals surface area (Å²) in [6.07, 6.45) is 1.50. The molecule has 0 aliphatic rings. The van der Waals surface area contributed by atoms with Crippen LogP contribution in [-0.2, 0) is 6.61 Å². The fourth-order valence-electron chi connectivity index (χ4n) is 2.66. The van der Waals surface area contributed by atoms with Crippen LogP contribution in [0, 0.1) is 5.82 Å². The normalized spacial score (nSPS) is 10.6. The standard InChI is InChI=1S/C23H21FN2O4/c1-28-21-12-9-17(13-22(21)29-2)23(27)26-25-14-18-5-3-4-6-20(18)30-15-16-7-10-19(24)11-8-16/h3-14H,15H2,1-2H3,(H,26,27)/b25-14+. The average molecular weight is 408 g/mol. The summed E-state index contributed by atoms with van der Waals surface area (Å²) in [5.74, 6) is 0.887. The van der Waals surface area contributed by atoms with Gasteiger partial charge in [0.2, 0.25) is 0 Å². The molecule has 0 spiro atoms. The van der Waals surface area contributed by atoms with Gasteiger partial charge in [-0.2, -0.15) is 5.10 Å². The summed E-state index contributed by atoms with van der Waals surface area (Å²) >= 11 is 0. The van der Waals surface area contributed by atoms with Crippen LogP contribution in [0.25, 0.3) is 0 Å². The van der Waals surface area contributed by atoms with E-state index in [0.717, 1.165) is 5.56 Å². The van der Waals surface area contributed by atoms with Crippen LogP contribution in [0.4, 0.5) is 4.39 Å². The van der Waals surface area contributed by atoms with Crippen LogP contribution < -0.4 is 19.6 Å². The summed E-state index contributed by atoms with van der Waals surface area (Å²) in [6, 6.07) is 18.2. The Labute approximate surface area is 173 Å². The number of nitrogens with zero attached hydrogens (tertiary/aromatic N) is 1. The number of ether oxygens (including phenoxy) is 3. The molecule has 0 atom stereocenters. The number of halogens is 1. The van der Waals surface area contributed by atoms with Crippen molar-refractivity contribution in [3.05, 3.63) is 89.2 Å². The largest absolute Gasteiger partial charge is 0.493 e. The molecule has 154 valence electrons. The van der Waals surface area contributed by atoms with Gasteiger partial charge in [0, 0.05) is 11.1 Å². The summed E-state index contributed by atoms with van der Waals surface area (Å²) in [5, 5.41) is 4.02. The van der Waals surface area contributed by atoms with E-state index in [2.05, 4.69) is 10.5 Å². The molecule has 1 N–H and O–H groups in total. The zero-order valence-electron chi connectivity index (χ0n) is 16.6. The van der Waals surface area contributed by atoms with Crippen LogP contribution in [0.1, 0.15) is 21.5 Å². The minimum atomic E-state index is -0.392. The zero-order chi connectivity index (χ0) is 21.3. The molecule has 1 amide bonds. The second-order valence-electron chi connectivity index (χ2n) is 6.22. The number of hydrazone groups is 1. The Hall–Kier alpha value is -3.87. The molecule has 0 heterocycles. The number of nitrogens with one attached hydrogen (secondary N) is 1. The Bertz CT molecular complexity index is 1040. The van der Waals surface area contributed by atoms with Crippen LogP contribution in [0.5, 0.6) is 17.2 Å². The second-order valence-corrected chi connectivity index (χ2v) is 6.22. The van der Waals surface area contributed by atoms with Crippen molar-refractivity contribution in [3.63, 3.8) is 0 Å². The minimum Gasteiger partial charge on any atom is -0.493 e. The molecule has 3 aromatic rings. The molecule has 0 saturated carbocycles. The van der Waals surface area contributed by atoms with Crippen LogP contribution >= 0.6 is 0 Å². The number of amides is 1. The van der Waals surface area contributed by atoms with Gasteiger partial charge >= 0.3 is 0 Å². The van der Waals surface area contributed by atoms with E-state index in [4.69, 9.17) is 14.2 Å². The van der Waals surface area contributed by atoms with Gasteiger partial charge in [-0.05, 0) is 48.0 Å². The van der Waals surface area contributed by atoms with Crippen molar-refractivity contribution in [2.24, 2.45) is 5.10 Å². The highest BCUT2D eigenvalue weighted by molar-refractivity contribution is 5.95. The highest BCUT2D eigenvalue weighted by Crippen LogP contribution is 2.27. The van der Waals surface area contributed by atoms with Gasteiger partial charge in [-0.1, -0.05) is 24.3 Å². The van der Waals surface area contributed by atoms with Crippen LogP contribution in [0.3, 0.4) is 0 Å². The fourth-order valence-corrected chi connectivity index (χ4v) is 2.66. The summed E-state index contributed by atoms with van der Waals surface area (Å²) in [7, 11) is 3.03. The van der Waals surface area contributed by atoms with Crippen molar-refractivity contribution in [1.82, 2.24) is 5.43 Å². The average Bonchev–Trinajstić information content (AvgIpc) is 2.78. The van der Waals surface area contributed by atoms with Gasteiger partial charge in [-0.15, -0.1) is 0 Å². The quantitative estimate of drug-likeness (QED) is 0.448. The number of methoxy groups -OCH3 is 2. The van der Waals surface area contributed by atoms with Gasteiger partial charge in [0.1, 0.15) is 18.2 Å². The van der Waals surface area contributed by atoms with Crippen LogP contribution in [-0.4, -0.2) is 26.3 Å². The Morgan fingerprint density at radius 1 is 0.967 bits per heavy atom. The molecule has 0 aromatic heterocycles. The molecule has 0 bridgehead atoms. The molecule has 3 rings (SSSR count). The molecule has 7 heteroatoms. The minimum absolute atomic E-state index is 0.281. The van der Waals surface area contributed by atoms with Crippen LogP contribution in [0.15, 0.2) is 71.8 Å². The molecule has 0 saturated heterocycles.